The Morgan fingerprint density at radius 3 is 2.75 bits per heavy atom. The predicted octanol–water partition coefficient (Wildman–Crippen LogP) is 3.50. The number of benzene rings is 2. The number of aliphatic hydroxyl groups is 1. The van der Waals surface area contributed by atoms with Gasteiger partial charge in [-0.2, -0.15) is 5.26 Å². The molecule has 0 saturated heterocycles. The van der Waals surface area contributed by atoms with Gasteiger partial charge in [-0.15, -0.1) is 0 Å². The Kier molecular flexibility index (Phi) is 7.28. The summed E-state index contributed by atoms with van der Waals surface area (Å²) in [6, 6.07) is 17.9. The minimum atomic E-state index is -0.518. The van der Waals surface area contributed by atoms with E-state index in [2.05, 4.69) is 11.4 Å². The molecule has 0 radical (unpaired) electrons. The van der Waals surface area contributed by atoms with E-state index in [0.29, 0.717) is 26.1 Å². The summed E-state index contributed by atoms with van der Waals surface area (Å²) in [5, 5.41) is 22.0. The highest BCUT2D eigenvalue weighted by Gasteiger charge is 2.06. The van der Waals surface area contributed by atoms with Gasteiger partial charge in [-0.25, -0.2) is 0 Å². The average Bonchev–Trinajstić information content (AvgIpc) is 2.60. The van der Waals surface area contributed by atoms with Crippen LogP contribution in [0.15, 0.2) is 48.5 Å². The molecule has 2 rings (SSSR count). The first kappa shape index (κ1) is 18.0. The van der Waals surface area contributed by atoms with Gasteiger partial charge < -0.3 is 15.2 Å². The molecule has 1 unspecified atom stereocenters. The molecule has 0 aromatic heterocycles. The molecule has 2 N–H and O–H groups in total. The summed E-state index contributed by atoms with van der Waals surface area (Å²) in [5.41, 5.74) is 3.21. The Morgan fingerprint density at radius 1 is 1.21 bits per heavy atom. The Balaban J connectivity index is 1.77. The van der Waals surface area contributed by atoms with Gasteiger partial charge in [-0.1, -0.05) is 42.0 Å². The molecule has 0 spiro atoms. The van der Waals surface area contributed by atoms with Crippen molar-refractivity contribution in [2.75, 3.05) is 13.2 Å². The third-order valence-corrected chi connectivity index (χ3v) is 3.73. The first-order chi connectivity index (χ1) is 11.7. The van der Waals surface area contributed by atoms with Crippen LogP contribution >= 0.6 is 0 Å². The van der Waals surface area contributed by atoms with Gasteiger partial charge in [0.05, 0.1) is 18.8 Å². The van der Waals surface area contributed by atoms with Gasteiger partial charge in [0.1, 0.15) is 5.75 Å². The van der Waals surface area contributed by atoms with Gasteiger partial charge in [-0.05, 0) is 36.6 Å². The number of unbranched alkanes of at least 4 members (excludes halogenated alkanes) is 1. The normalized spacial score (nSPS) is 11.7. The van der Waals surface area contributed by atoms with E-state index in [0.717, 1.165) is 23.3 Å². The van der Waals surface area contributed by atoms with Crippen LogP contribution in [0, 0.1) is 18.3 Å². The van der Waals surface area contributed by atoms with Crippen LogP contribution in [0.1, 0.15) is 35.6 Å². The van der Waals surface area contributed by atoms with E-state index in [1.165, 1.54) is 5.56 Å². The van der Waals surface area contributed by atoms with Crippen molar-refractivity contribution in [3.8, 4) is 11.8 Å². The Hall–Kier alpha value is -2.35. The van der Waals surface area contributed by atoms with Crippen LogP contribution in [0.2, 0.25) is 0 Å². The van der Waals surface area contributed by atoms with Crippen LogP contribution in [0.4, 0.5) is 0 Å². The molecule has 0 aliphatic heterocycles. The average molecular weight is 324 g/mol. The molecule has 2 aromatic rings. The van der Waals surface area contributed by atoms with Crippen LogP contribution < -0.4 is 10.1 Å². The number of nitrogens with one attached hydrogen (secondary N) is 1. The van der Waals surface area contributed by atoms with Crippen LogP contribution in [0.25, 0.3) is 0 Å². The number of hydrogen-bond acceptors (Lipinski definition) is 4. The van der Waals surface area contributed by atoms with Gasteiger partial charge in [0.2, 0.25) is 0 Å². The predicted molar refractivity (Wildman–Crippen MR) is 94.6 cm³/mol. The van der Waals surface area contributed by atoms with E-state index in [9.17, 15) is 5.11 Å². The number of aliphatic hydroxyl groups excluding tert-OH is 1. The third kappa shape index (κ3) is 6.04. The van der Waals surface area contributed by atoms with Gasteiger partial charge in [-0.3, -0.25) is 0 Å². The maximum absolute atomic E-state index is 10.2. The highest BCUT2D eigenvalue weighted by Crippen LogP contribution is 2.15. The zero-order valence-corrected chi connectivity index (χ0v) is 14.0. The molecule has 0 bridgehead atoms. The highest BCUT2D eigenvalue weighted by molar-refractivity contribution is 5.28. The van der Waals surface area contributed by atoms with Crippen molar-refractivity contribution in [1.82, 2.24) is 5.32 Å². The molecule has 126 valence electrons. The molecule has 4 nitrogen and oxygen atoms in total. The molecule has 0 heterocycles. The summed E-state index contributed by atoms with van der Waals surface area (Å²) in [6.45, 7) is 3.75. The van der Waals surface area contributed by atoms with Crippen molar-refractivity contribution in [2.45, 2.75) is 32.4 Å². The molecular formula is C20H24N2O2. The zero-order chi connectivity index (χ0) is 17.2. The summed E-state index contributed by atoms with van der Waals surface area (Å²) in [4.78, 5) is 0. The first-order valence-corrected chi connectivity index (χ1v) is 8.23. The lowest BCUT2D eigenvalue weighted by atomic mass is 10.1. The molecule has 1 atom stereocenters. The van der Waals surface area contributed by atoms with E-state index in [1.54, 1.807) is 0 Å². The van der Waals surface area contributed by atoms with Crippen LogP contribution in [-0.2, 0) is 6.54 Å². The summed E-state index contributed by atoms with van der Waals surface area (Å²) in [5.74, 6) is 0.811. The molecule has 0 fully saturated rings. The van der Waals surface area contributed by atoms with E-state index >= 15 is 0 Å². The molecule has 24 heavy (non-hydrogen) atoms. The van der Waals surface area contributed by atoms with E-state index < -0.39 is 6.10 Å². The van der Waals surface area contributed by atoms with Crippen LogP contribution in [0.3, 0.4) is 0 Å². The Labute approximate surface area is 143 Å². The molecular weight excluding hydrogens is 300 g/mol. The standard InChI is InChI=1S/C20H24N2O2/c1-16-7-9-18(10-8-16)20(23)15-22-14-17-5-4-6-19(13-17)24-12-3-2-11-21/h4-10,13,20,22-23H,2-3,12,14-15H2,1H3. The van der Waals surface area contributed by atoms with Crippen LogP contribution in [-0.4, -0.2) is 18.3 Å². The smallest absolute Gasteiger partial charge is 0.119 e. The number of nitrogens with zero attached hydrogens (tertiary/aromatic N) is 1. The van der Waals surface area contributed by atoms with E-state index in [1.807, 2.05) is 55.5 Å². The summed E-state index contributed by atoms with van der Waals surface area (Å²) in [7, 11) is 0. The molecule has 0 amide bonds. The maximum atomic E-state index is 10.2. The second-order valence-electron chi connectivity index (χ2n) is 5.81. The van der Waals surface area contributed by atoms with Gasteiger partial charge in [0.15, 0.2) is 0 Å². The number of rotatable bonds is 9. The summed E-state index contributed by atoms with van der Waals surface area (Å²) >= 11 is 0. The van der Waals surface area contributed by atoms with Gasteiger partial charge in [0.25, 0.3) is 0 Å². The lowest BCUT2D eigenvalue weighted by Gasteiger charge is -2.13. The Morgan fingerprint density at radius 2 is 2.00 bits per heavy atom. The third-order valence-electron chi connectivity index (χ3n) is 3.73. The van der Waals surface area contributed by atoms with Crippen molar-refractivity contribution in [3.63, 3.8) is 0 Å². The second kappa shape index (κ2) is 9.71. The van der Waals surface area contributed by atoms with Crippen molar-refractivity contribution < 1.29 is 9.84 Å². The number of nitriles is 1. The zero-order valence-electron chi connectivity index (χ0n) is 14.0. The fourth-order valence-electron chi connectivity index (χ4n) is 2.35. The summed E-state index contributed by atoms with van der Waals surface area (Å²) < 4.78 is 5.63. The van der Waals surface area contributed by atoms with Crippen molar-refractivity contribution in [1.29, 1.82) is 5.26 Å². The van der Waals surface area contributed by atoms with Gasteiger partial charge in [0, 0.05) is 19.5 Å². The van der Waals surface area contributed by atoms with Crippen molar-refractivity contribution >= 4 is 0 Å². The number of aryl methyl sites for hydroxylation is 1. The van der Waals surface area contributed by atoms with Crippen molar-refractivity contribution in [2.24, 2.45) is 0 Å². The fourth-order valence-corrected chi connectivity index (χ4v) is 2.35. The minimum Gasteiger partial charge on any atom is -0.494 e. The molecule has 0 aliphatic rings. The largest absolute Gasteiger partial charge is 0.494 e. The molecule has 2 aromatic carbocycles. The Bertz CT molecular complexity index is 662. The highest BCUT2D eigenvalue weighted by atomic mass is 16.5. The second-order valence-corrected chi connectivity index (χ2v) is 5.81. The number of ether oxygens (including phenoxy) is 1. The quantitative estimate of drug-likeness (QED) is 0.693. The number of hydrogen-bond donors (Lipinski definition) is 2. The lowest BCUT2D eigenvalue weighted by Crippen LogP contribution is -2.21. The molecule has 0 aliphatic carbocycles. The first-order valence-electron chi connectivity index (χ1n) is 8.23. The topological polar surface area (TPSA) is 65.3 Å². The SMILES string of the molecule is Cc1ccc(C(O)CNCc2cccc(OCCCC#N)c2)cc1. The fraction of sp³-hybridized carbons (Fsp3) is 0.350. The van der Waals surface area contributed by atoms with E-state index in [-0.39, 0.29) is 0 Å². The van der Waals surface area contributed by atoms with Crippen molar-refractivity contribution in [3.05, 3.63) is 65.2 Å². The monoisotopic (exact) mass is 324 g/mol. The van der Waals surface area contributed by atoms with Gasteiger partial charge >= 0.3 is 0 Å². The maximum Gasteiger partial charge on any atom is 0.119 e. The minimum absolute atomic E-state index is 0.496. The summed E-state index contributed by atoms with van der Waals surface area (Å²) in [6.07, 6.45) is 0.732. The molecule has 0 saturated carbocycles. The molecule has 4 heteroatoms. The van der Waals surface area contributed by atoms with E-state index in [4.69, 9.17) is 10.00 Å². The lowest BCUT2D eigenvalue weighted by molar-refractivity contribution is 0.174. The van der Waals surface area contributed by atoms with Crippen LogP contribution in [0.5, 0.6) is 5.75 Å².